The van der Waals surface area contributed by atoms with Crippen molar-refractivity contribution in [1.82, 2.24) is 0 Å². The van der Waals surface area contributed by atoms with Crippen molar-refractivity contribution in [3.05, 3.63) is 41.1 Å². The molecule has 1 aromatic carbocycles. The molecule has 0 bridgehead atoms. The number of hydrogen-bond donors (Lipinski definition) is 2. The predicted molar refractivity (Wildman–Crippen MR) is 60.2 cm³/mol. The number of rotatable bonds is 4. The summed E-state index contributed by atoms with van der Waals surface area (Å²) in [5, 5.41) is 8.57. The molecule has 0 aliphatic rings. The monoisotopic (exact) mass is 205 g/mol. The van der Waals surface area contributed by atoms with Gasteiger partial charge in [-0.15, -0.1) is 0 Å². The average Bonchev–Trinajstić information content (AvgIpc) is 2.17. The number of aliphatic carboxylic acids is 1. The van der Waals surface area contributed by atoms with E-state index in [2.05, 4.69) is 6.92 Å². The Bertz CT molecular complexity index is 383. The van der Waals surface area contributed by atoms with Crippen LogP contribution in [0.2, 0.25) is 0 Å². The molecule has 0 saturated heterocycles. The highest BCUT2D eigenvalue weighted by atomic mass is 16.4. The van der Waals surface area contributed by atoms with Crippen LogP contribution in [0.15, 0.2) is 30.0 Å². The molecule has 0 aromatic heterocycles. The first kappa shape index (κ1) is 11.3. The van der Waals surface area contributed by atoms with Gasteiger partial charge in [-0.25, -0.2) is 0 Å². The van der Waals surface area contributed by atoms with Crippen LogP contribution in [0.25, 0.3) is 6.08 Å². The molecule has 0 fully saturated rings. The summed E-state index contributed by atoms with van der Waals surface area (Å²) in [6.45, 7) is 2.06. The van der Waals surface area contributed by atoms with E-state index in [1.807, 2.05) is 24.3 Å². The van der Waals surface area contributed by atoms with Crippen molar-refractivity contribution in [1.29, 1.82) is 0 Å². The van der Waals surface area contributed by atoms with Gasteiger partial charge in [0.15, 0.2) is 0 Å². The van der Waals surface area contributed by atoms with E-state index in [-0.39, 0.29) is 6.42 Å². The van der Waals surface area contributed by atoms with Crippen LogP contribution in [0.5, 0.6) is 0 Å². The molecule has 0 aliphatic heterocycles. The van der Waals surface area contributed by atoms with Crippen molar-refractivity contribution in [2.45, 2.75) is 19.8 Å². The molecule has 0 spiro atoms. The van der Waals surface area contributed by atoms with Gasteiger partial charge >= 0.3 is 5.97 Å². The fraction of sp³-hybridized carbons (Fsp3) is 0.250. The summed E-state index contributed by atoms with van der Waals surface area (Å²) < 4.78 is 0. The van der Waals surface area contributed by atoms with Gasteiger partial charge in [-0.3, -0.25) is 4.79 Å². The van der Waals surface area contributed by atoms with E-state index in [1.165, 1.54) is 5.56 Å². The highest BCUT2D eigenvalue weighted by Gasteiger charge is 2.01. The van der Waals surface area contributed by atoms with Crippen molar-refractivity contribution in [2.75, 3.05) is 0 Å². The van der Waals surface area contributed by atoms with Crippen molar-refractivity contribution < 1.29 is 9.90 Å². The van der Waals surface area contributed by atoms with Crippen LogP contribution in [0.1, 0.15) is 24.5 Å². The molecule has 0 aliphatic carbocycles. The smallest absolute Gasteiger partial charge is 0.309 e. The number of aryl methyl sites for hydroxylation is 1. The maximum absolute atomic E-state index is 10.4. The zero-order valence-corrected chi connectivity index (χ0v) is 8.73. The minimum Gasteiger partial charge on any atom is -0.481 e. The van der Waals surface area contributed by atoms with E-state index in [0.717, 1.165) is 12.0 Å². The third kappa shape index (κ3) is 3.46. The molecule has 3 nitrogen and oxygen atoms in total. The first-order valence-corrected chi connectivity index (χ1v) is 4.89. The van der Waals surface area contributed by atoms with Crippen molar-refractivity contribution in [3.63, 3.8) is 0 Å². The SMILES string of the molecule is CCc1ccccc1/C=C(\N)CC(=O)O. The minimum absolute atomic E-state index is 0.113. The fourth-order valence-corrected chi connectivity index (χ4v) is 1.42. The summed E-state index contributed by atoms with van der Waals surface area (Å²) in [6, 6.07) is 7.83. The van der Waals surface area contributed by atoms with Gasteiger partial charge in [0, 0.05) is 5.70 Å². The lowest BCUT2D eigenvalue weighted by Gasteiger charge is -2.03. The van der Waals surface area contributed by atoms with Crippen LogP contribution in [-0.4, -0.2) is 11.1 Å². The van der Waals surface area contributed by atoms with Crippen LogP contribution >= 0.6 is 0 Å². The van der Waals surface area contributed by atoms with Gasteiger partial charge in [0.2, 0.25) is 0 Å². The largest absolute Gasteiger partial charge is 0.481 e. The molecule has 1 aromatic rings. The molecule has 0 amide bonds. The Kier molecular flexibility index (Phi) is 3.92. The predicted octanol–water partition coefficient (Wildman–Crippen LogP) is 2.02. The molecular weight excluding hydrogens is 190 g/mol. The second-order valence-electron chi connectivity index (χ2n) is 3.34. The zero-order chi connectivity index (χ0) is 11.3. The number of hydrogen-bond acceptors (Lipinski definition) is 2. The number of carboxylic acid groups (broad SMARTS) is 1. The van der Waals surface area contributed by atoms with E-state index in [4.69, 9.17) is 10.8 Å². The Balaban J connectivity index is 2.91. The lowest BCUT2D eigenvalue weighted by molar-refractivity contribution is -0.136. The Morgan fingerprint density at radius 1 is 1.47 bits per heavy atom. The number of carbonyl (C=O) groups is 1. The van der Waals surface area contributed by atoms with Crippen molar-refractivity contribution >= 4 is 12.0 Å². The lowest BCUT2D eigenvalue weighted by Crippen LogP contribution is -2.05. The first-order valence-electron chi connectivity index (χ1n) is 4.89. The van der Waals surface area contributed by atoms with Gasteiger partial charge in [0.25, 0.3) is 0 Å². The van der Waals surface area contributed by atoms with Crippen LogP contribution in [0.3, 0.4) is 0 Å². The van der Waals surface area contributed by atoms with Crippen molar-refractivity contribution in [2.24, 2.45) is 5.73 Å². The second kappa shape index (κ2) is 5.20. The topological polar surface area (TPSA) is 63.3 Å². The Labute approximate surface area is 89.2 Å². The van der Waals surface area contributed by atoms with E-state index < -0.39 is 5.97 Å². The van der Waals surface area contributed by atoms with Crippen LogP contribution in [0, 0.1) is 0 Å². The third-order valence-corrected chi connectivity index (χ3v) is 2.13. The molecule has 0 saturated carbocycles. The number of nitrogens with two attached hydrogens (primary N) is 1. The summed E-state index contributed by atoms with van der Waals surface area (Å²) in [5.41, 5.74) is 8.16. The molecule has 0 heterocycles. The van der Waals surface area contributed by atoms with Gasteiger partial charge in [-0.1, -0.05) is 31.2 Å². The van der Waals surface area contributed by atoms with Gasteiger partial charge in [-0.05, 0) is 23.6 Å². The summed E-state index contributed by atoms with van der Waals surface area (Å²) in [5.74, 6) is -0.905. The molecular formula is C12H15NO2. The summed E-state index contributed by atoms with van der Waals surface area (Å²) in [4.78, 5) is 10.4. The maximum atomic E-state index is 10.4. The molecule has 80 valence electrons. The molecule has 0 radical (unpaired) electrons. The second-order valence-corrected chi connectivity index (χ2v) is 3.34. The highest BCUT2D eigenvalue weighted by Crippen LogP contribution is 2.13. The first-order chi connectivity index (χ1) is 7.13. The molecule has 15 heavy (non-hydrogen) atoms. The van der Waals surface area contributed by atoms with Crippen LogP contribution < -0.4 is 5.73 Å². The summed E-state index contributed by atoms with van der Waals surface area (Å²) in [7, 11) is 0. The highest BCUT2D eigenvalue weighted by molar-refractivity contribution is 5.72. The van der Waals surface area contributed by atoms with Gasteiger partial charge in [0.1, 0.15) is 0 Å². The molecule has 0 unspecified atom stereocenters. The van der Waals surface area contributed by atoms with E-state index >= 15 is 0 Å². The summed E-state index contributed by atoms with van der Waals surface area (Å²) >= 11 is 0. The van der Waals surface area contributed by atoms with E-state index in [1.54, 1.807) is 6.08 Å². The Hall–Kier alpha value is -1.77. The molecule has 0 atom stereocenters. The van der Waals surface area contributed by atoms with Gasteiger partial charge in [-0.2, -0.15) is 0 Å². The molecule has 3 heteroatoms. The van der Waals surface area contributed by atoms with Crippen molar-refractivity contribution in [3.8, 4) is 0 Å². The average molecular weight is 205 g/mol. The molecule has 1 rings (SSSR count). The molecule has 3 N–H and O–H groups in total. The van der Waals surface area contributed by atoms with Gasteiger partial charge < -0.3 is 10.8 Å². The van der Waals surface area contributed by atoms with Crippen LogP contribution in [0.4, 0.5) is 0 Å². The van der Waals surface area contributed by atoms with Gasteiger partial charge in [0.05, 0.1) is 6.42 Å². The van der Waals surface area contributed by atoms with Crippen LogP contribution in [-0.2, 0) is 11.2 Å². The minimum atomic E-state index is -0.905. The standard InChI is InChI=1S/C12H15NO2/c1-2-9-5-3-4-6-10(9)7-11(13)8-12(14)15/h3-7H,2,8,13H2,1H3,(H,14,15)/b11-7-. The third-order valence-electron chi connectivity index (χ3n) is 2.13. The number of benzene rings is 1. The number of carboxylic acids is 1. The Morgan fingerprint density at radius 2 is 2.13 bits per heavy atom. The fourth-order valence-electron chi connectivity index (χ4n) is 1.42. The van der Waals surface area contributed by atoms with E-state index in [9.17, 15) is 4.79 Å². The zero-order valence-electron chi connectivity index (χ0n) is 8.73. The summed E-state index contributed by atoms with van der Waals surface area (Å²) in [6.07, 6.45) is 2.53. The lowest BCUT2D eigenvalue weighted by atomic mass is 10.0. The Morgan fingerprint density at radius 3 is 2.73 bits per heavy atom. The maximum Gasteiger partial charge on any atom is 0.309 e. The van der Waals surface area contributed by atoms with E-state index in [0.29, 0.717) is 5.70 Å². The normalized spacial score (nSPS) is 11.4. The quantitative estimate of drug-likeness (QED) is 0.790.